The first kappa shape index (κ1) is 24.4. The molecule has 3 aromatic rings. The van der Waals surface area contributed by atoms with Gasteiger partial charge in [-0.1, -0.05) is 6.07 Å². The highest BCUT2D eigenvalue weighted by atomic mass is 32.2. The van der Waals surface area contributed by atoms with Gasteiger partial charge < -0.3 is 25.7 Å². The Morgan fingerprint density at radius 1 is 1.17 bits per heavy atom. The summed E-state index contributed by atoms with van der Waals surface area (Å²) in [6, 6.07) is 7.42. The van der Waals surface area contributed by atoms with E-state index in [1.54, 1.807) is 32.8 Å². The third-order valence-electron chi connectivity index (χ3n) is 5.72. The highest BCUT2D eigenvalue weighted by Gasteiger charge is 2.25. The monoisotopic (exact) mass is 496 g/mol. The van der Waals surface area contributed by atoms with Gasteiger partial charge in [0.1, 0.15) is 11.3 Å². The van der Waals surface area contributed by atoms with Crippen molar-refractivity contribution in [1.29, 1.82) is 5.41 Å². The van der Waals surface area contributed by atoms with Crippen molar-refractivity contribution in [2.75, 3.05) is 56.8 Å². The molecule has 3 heterocycles. The van der Waals surface area contributed by atoms with Crippen molar-refractivity contribution < 1.29 is 13.2 Å². The average Bonchev–Trinajstić information content (AvgIpc) is 2.86. The number of pyridine rings is 1. The van der Waals surface area contributed by atoms with Crippen LogP contribution in [-0.4, -0.2) is 80.5 Å². The highest BCUT2D eigenvalue weighted by molar-refractivity contribution is 7.88. The molecule has 1 aliphatic rings. The van der Waals surface area contributed by atoms with Gasteiger partial charge in [-0.2, -0.15) is 4.31 Å². The molecule has 35 heavy (non-hydrogen) atoms. The number of fused-ring (bicyclic) bond motifs is 1. The van der Waals surface area contributed by atoms with Crippen LogP contribution >= 0.6 is 0 Å². The normalized spacial score (nSPS) is 15.2. The molecule has 0 atom stereocenters. The smallest absolute Gasteiger partial charge is 0.227 e. The molecule has 2 aromatic heterocycles. The minimum atomic E-state index is -3.22. The number of nitrogens with one attached hydrogen (secondary N) is 3. The molecule has 4 rings (SSSR count). The van der Waals surface area contributed by atoms with Gasteiger partial charge in [0.15, 0.2) is 5.82 Å². The number of sulfonamides is 1. The van der Waals surface area contributed by atoms with Crippen molar-refractivity contribution in [3.63, 3.8) is 0 Å². The Bertz CT molecular complexity index is 1370. The van der Waals surface area contributed by atoms with Crippen LogP contribution in [-0.2, 0) is 10.0 Å². The average molecular weight is 497 g/mol. The SMILES string of the molecule is CN/C=C(\C=N)c1ccc(Nc2ncc3ccnc(N4CCN(S(C)(=O)=O)CC4)c3n2)c(OC)c1. The third kappa shape index (κ3) is 5.33. The molecule has 184 valence electrons. The van der Waals surface area contributed by atoms with E-state index in [2.05, 4.69) is 20.6 Å². The van der Waals surface area contributed by atoms with Crippen LogP contribution in [0.15, 0.2) is 42.9 Å². The molecule has 1 fully saturated rings. The third-order valence-corrected chi connectivity index (χ3v) is 7.03. The second kappa shape index (κ2) is 10.2. The van der Waals surface area contributed by atoms with Gasteiger partial charge in [0, 0.05) is 69.0 Å². The van der Waals surface area contributed by atoms with Gasteiger partial charge in [0.05, 0.1) is 19.1 Å². The van der Waals surface area contributed by atoms with E-state index in [9.17, 15) is 8.42 Å². The van der Waals surface area contributed by atoms with E-state index in [1.807, 2.05) is 29.2 Å². The van der Waals surface area contributed by atoms with E-state index in [-0.39, 0.29) is 0 Å². The molecular formula is C23H28N8O3S. The van der Waals surface area contributed by atoms with Crippen molar-refractivity contribution in [2.24, 2.45) is 0 Å². The number of aromatic nitrogens is 3. The number of rotatable bonds is 8. The van der Waals surface area contributed by atoms with E-state index in [0.717, 1.165) is 10.9 Å². The molecule has 0 unspecified atom stereocenters. The summed E-state index contributed by atoms with van der Waals surface area (Å²) < 4.78 is 30.7. The maximum absolute atomic E-state index is 11.9. The van der Waals surface area contributed by atoms with Gasteiger partial charge in [-0.15, -0.1) is 0 Å². The summed E-state index contributed by atoms with van der Waals surface area (Å²) in [5.74, 6) is 1.65. The first-order valence-corrected chi connectivity index (χ1v) is 12.8. The first-order chi connectivity index (χ1) is 16.8. The van der Waals surface area contributed by atoms with Gasteiger partial charge in [-0.3, -0.25) is 0 Å². The zero-order valence-corrected chi connectivity index (χ0v) is 20.6. The zero-order chi connectivity index (χ0) is 25.0. The fraction of sp³-hybridized carbons (Fsp3) is 0.304. The molecule has 1 aliphatic heterocycles. The van der Waals surface area contributed by atoms with E-state index in [4.69, 9.17) is 15.1 Å². The number of anilines is 3. The minimum absolute atomic E-state index is 0.380. The van der Waals surface area contributed by atoms with Crippen LogP contribution in [0.25, 0.3) is 16.5 Å². The van der Waals surface area contributed by atoms with Gasteiger partial charge in [-0.25, -0.2) is 23.4 Å². The van der Waals surface area contributed by atoms with E-state index < -0.39 is 10.0 Å². The Morgan fingerprint density at radius 3 is 2.60 bits per heavy atom. The molecule has 0 radical (unpaired) electrons. The number of nitrogens with zero attached hydrogens (tertiary/aromatic N) is 5. The molecule has 12 heteroatoms. The second-order valence-electron chi connectivity index (χ2n) is 7.99. The number of piperazine rings is 1. The standard InChI is InChI=1S/C23H28N8O3S/c1-25-14-18(13-24)16-4-5-19(20(12-16)34-2)28-23-27-15-17-6-7-26-22(21(17)29-23)30-8-10-31(11-9-30)35(3,32)33/h4-7,12-15,24-25H,8-11H2,1-3H3,(H,27,28,29)/b18-14+,24-13?. The van der Waals surface area contributed by atoms with Gasteiger partial charge in [-0.05, 0) is 23.8 Å². The predicted molar refractivity (Wildman–Crippen MR) is 138 cm³/mol. The molecule has 0 bridgehead atoms. The minimum Gasteiger partial charge on any atom is -0.495 e. The lowest BCUT2D eigenvalue weighted by Gasteiger charge is -2.34. The van der Waals surface area contributed by atoms with E-state index in [1.165, 1.54) is 16.8 Å². The second-order valence-corrected chi connectivity index (χ2v) is 9.97. The quantitative estimate of drug-likeness (QED) is 0.400. The molecular weight excluding hydrogens is 468 g/mol. The fourth-order valence-electron chi connectivity index (χ4n) is 3.92. The molecule has 0 aliphatic carbocycles. The molecule has 3 N–H and O–H groups in total. The van der Waals surface area contributed by atoms with Crippen LogP contribution in [0.2, 0.25) is 0 Å². The van der Waals surface area contributed by atoms with Crippen molar-refractivity contribution in [1.82, 2.24) is 24.6 Å². The molecule has 0 spiro atoms. The zero-order valence-electron chi connectivity index (χ0n) is 19.8. The first-order valence-electron chi connectivity index (χ1n) is 11.0. The summed E-state index contributed by atoms with van der Waals surface area (Å²) in [6.07, 6.45) is 7.68. The Morgan fingerprint density at radius 2 is 1.94 bits per heavy atom. The molecule has 1 aromatic carbocycles. The Hall–Kier alpha value is -3.77. The van der Waals surface area contributed by atoms with Crippen molar-refractivity contribution >= 4 is 50.2 Å². The van der Waals surface area contributed by atoms with Gasteiger partial charge >= 0.3 is 0 Å². The number of methoxy groups -OCH3 is 1. The number of allylic oxidation sites excluding steroid dienone is 1. The molecule has 11 nitrogen and oxygen atoms in total. The highest BCUT2D eigenvalue weighted by Crippen LogP contribution is 2.31. The summed E-state index contributed by atoms with van der Waals surface area (Å²) in [5.41, 5.74) is 2.90. The lowest BCUT2D eigenvalue weighted by molar-refractivity contribution is 0.387. The van der Waals surface area contributed by atoms with Crippen molar-refractivity contribution in [3.05, 3.63) is 48.4 Å². The number of hydrogen-bond donors (Lipinski definition) is 3. The Balaban J connectivity index is 1.62. The number of ether oxygens (including phenoxy) is 1. The van der Waals surface area contributed by atoms with Crippen LogP contribution < -0.4 is 20.3 Å². The maximum atomic E-state index is 11.9. The molecule has 1 saturated heterocycles. The maximum Gasteiger partial charge on any atom is 0.227 e. The van der Waals surface area contributed by atoms with Crippen LogP contribution in [0.3, 0.4) is 0 Å². The Kier molecular flexibility index (Phi) is 7.12. The predicted octanol–water partition coefficient (Wildman–Crippen LogP) is 2.07. The molecule has 0 saturated carbocycles. The van der Waals surface area contributed by atoms with E-state index in [0.29, 0.717) is 60.5 Å². The van der Waals surface area contributed by atoms with Crippen molar-refractivity contribution in [3.8, 4) is 5.75 Å². The van der Waals surface area contributed by atoms with Gasteiger partial charge in [0.2, 0.25) is 16.0 Å². The van der Waals surface area contributed by atoms with Gasteiger partial charge in [0.25, 0.3) is 0 Å². The summed E-state index contributed by atoms with van der Waals surface area (Å²) in [4.78, 5) is 15.7. The molecule has 0 amide bonds. The largest absolute Gasteiger partial charge is 0.495 e. The fourth-order valence-corrected chi connectivity index (χ4v) is 4.75. The number of benzene rings is 1. The summed E-state index contributed by atoms with van der Waals surface area (Å²) in [5, 5.41) is 14.6. The van der Waals surface area contributed by atoms with Crippen LogP contribution in [0, 0.1) is 5.41 Å². The topological polar surface area (TPSA) is 136 Å². The van der Waals surface area contributed by atoms with Crippen LogP contribution in [0.4, 0.5) is 17.5 Å². The Labute approximate surface area is 204 Å². The van der Waals surface area contributed by atoms with Crippen LogP contribution in [0.1, 0.15) is 5.56 Å². The van der Waals surface area contributed by atoms with Crippen LogP contribution in [0.5, 0.6) is 5.75 Å². The summed E-state index contributed by atoms with van der Waals surface area (Å²) in [6.45, 7) is 1.85. The van der Waals surface area contributed by atoms with E-state index >= 15 is 0 Å². The summed E-state index contributed by atoms with van der Waals surface area (Å²) in [7, 11) is 0.143. The summed E-state index contributed by atoms with van der Waals surface area (Å²) >= 11 is 0. The number of hydrogen-bond acceptors (Lipinski definition) is 10. The lowest BCUT2D eigenvalue weighted by atomic mass is 10.1. The van der Waals surface area contributed by atoms with Crippen molar-refractivity contribution in [2.45, 2.75) is 0 Å². The lowest BCUT2D eigenvalue weighted by Crippen LogP contribution is -2.48.